The number of aliphatic imine (C=N–C) groups is 1. The van der Waals surface area contributed by atoms with E-state index in [2.05, 4.69) is 62.3 Å². The topological polar surface area (TPSA) is 68.2 Å². The summed E-state index contributed by atoms with van der Waals surface area (Å²) < 4.78 is 2.05. The van der Waals surface area contributed by atoms with Gasteiger partial charge >= 0.3 is 0 Å². The van der Waals surface area contributed by atoms with E-state index in [1.54, 1.807) is 6.20 Å². The van der Waals surface area contributed by atoms with E-state index in [4.69, 9.17) is 5.73 Å². The number of halogens is 1. The second-order valence-electron chi connectivity index (χ2n) is 7.03. The molecule has 0 radical (unpaired) electrons. The first kappa shape index (κ1) is 20.4. The van der Waals surface area contributed by atoms with Gasteiger partial charge in [0.05, 0.1) is 12.9 Å². The number of nitrogens with zero attached hydrogens (tertiary/aromatic N) is 3. The smallest absolute Gasteiger partial charge is 0.193 e. The molecule has 0 fully saturated rings. The molecular weight excluding hydrogens is 461 g/mol. The van der Waals surface area contributed by atoms with E-state index in [9.17, 15) is 0 Å². The highest BCUT2D eigenvalue weighted by molar-refractivity contribution is 14.0. The number of benzene rings is 2. The van der Waals surface area contributed by atoms with Gasteiger partial charge in [0.15, 0.2) is 5.96 Å². The molecule has 0 amide bonds. The third kappa shape index (κ3) is 5.13. The van der Waals surface area contributed by atoms with Crippen LogP contribution in [-0.2, 0) is 25.9 Å². The Kier molecular flexibility index (Phi) is 7.08. The van der Waals surface area contributed by atoms with Gasteiger partial charge in [0, 0.05) is 24.6 Å². The molecule has 0 bridgehead atoms. The molecule has 0 saturated carbocycles. The number of nitrogens with one attached hydrogen (secondary N) is 1. The van der Waals surface area contributed by atoms with Gasteiger partial charge in [-0.2, -0.15) is 0 Å². The largest absolute Gasteiger partial charge is 0.370 e. The molecule has 0 aliphatic heterocycles. The van der Waals surface area contributed by atoms with Crippen molar-refractivity contribution in [2.24, 2.45) is 10.7 Å². The molecule has 1 aliphatic carbocycles. The third-order valence-electron chi connectivity index (χ3n) is 5.01. The maximum Gasteiger partial charge on any atom is 0.193 e. The van der Waals surface area contributed by atoms with Crippen molar-refractivity contribution in [2.45, 2.75) is 38.8 Å². The molecule has 28 heavy (non-hydrogen) atoms. The molecule has 1 aromatic heterocycles. The normalized spacial score (nSPS) is 13.5. The van der Waals surface area contributed by atoms with Crippen LogP contribution in [0.3, 0.4) is 0 Å². The quantitative estimate of drug-likeness (QED) is 0.320. The van der Waals surface area contributed by atoms with E-state index >= 15 is 0 Å². The fraction of sp³-hybridized carbons (Fsp3) is 0.273. The third-order valence-corrected chi connectivity index (χ3v) is 5.01. The molecule has 0 atom stereocenters. The fourth-order valence-corrected chi connectivity index (χ4v) is 3.67. The van der Waals surface area contributed by atoms with Crippen LogP contribution in [0, 0.1) is 0 Å². The number of anilines is 1. The van der Waals surface area contributed by atoms with E-state index in [1.807, 2.05) is 12.5 Å². The maximum atomic E-state index is 6.16. The molecule has 1 aliphatic rings. The van der Waals surface area contributed by atoms with Crippen molar-refractivity contribution in [1.82, 2.24) is 9.55 Å². The highest BCUT2D eigenvalue weighted by atomic mass is 127. The van der Waals surface area contributed by atoms with Gasteiger partial charge in [-0.15, -0.1) is 24.0 Å². The lowest BCUT2D eigenvalue weighted by Crippen LogP contribution is -2.24. The first-order valence-electron chi connectivity index (χ1n) is 9.49. The zero-order valence-corrected chi connectivity index (χ0v) is 18.2. The summed E-state index contributed by atoms with van der Waals surface area (Å²) in [6.07, 6.45) is 10.4. The molecule has 0 saturated heterocycles. The van der Waals surface area contributed by atoms with Gasteiger partial charge in [0.25, 0.3) is 0 Å². The van der Waals surface area contributed by atoms with Crippen molar-refractivity contribution in [1.29, 1.82) is 0 Å². The van der Waals surface area contributed by atoms with Crippen molar-refractivity contribution >= 4 is 35.6 Å². The fourth-order valence-electron chi connectivity index (χ4n) is 3.67. The van der Waals surface area contributed by atoms with Crippen LogP contribution in [0.5, 0.6) is 0 Å². The van der Waals surface area contributed by atoms with E-state index < -0.39 is 0 Å². The Morgan fingerprint density at radius 3 is 2.79 bits per heavy atom. The number of aryl methyl sites for hydroxylation is 1. The summed E-state index contributed by atoms with van der Waals surface area (Å²) in [6, 6.07) is 14.8. The molecule has 6 heteroatoms. The number of nitrogens with two attached hydrogens (primary N) is 1. The summed E-state index contributed by atoms with van der Waals surface area (Å²) in [6.45, 7) is 1.37. The van der Waals surface area contributed by atoms with Gasteiger partial charge in [0.1, 0.15) is 0 Å². The van der Waals surface area contributed by atoms with Crippen LogP contribution in [0.2, 0.25) is 0 Å². The van der Waals surface area contributed by atoms with Gasteiger partial charge < -0.3 is 15.6 Å². The Morgan fingerprint density at radius 1 is 1.11 bits per heavy atom. The molecule has 146 valence electrons. The molecule has 1 heterocycles. The first-order chi connectivity index (χ1) is 13.3. The van der Waals surface area contributed by atoms with Crippen LogP contribution in [-0.4, -0.2) is 15.5 Å². The Morgan fingerprint density at radius 2 is 1.93 bits per heavy atom. The molecule has 2 aromatic carbocycles. The molecular formula is C22H26IN5. The Balaban J connectivity index is 0.00000225. The van der Waals surface area contributed by atoms with Crippen molar-refractivity contribution in [3.8, 4) is 0 Å². The zero-order chi connectivity index (χ0) is 18.5. The number of guanidine groups is 1. The van der Waals surface area contributed by atoms with Crippen molar-refractivity contribution < 1.29 is 0 Å². The number of hydrogen-bond donors (Lipinski definition) is 2. The second kappa shape index (κ2) is 9.73. The average molecular weight is 487 g/mol. The number of hydrogen-bond acceptors (Lipinski definition) is 2. The lowest BCUT2D eigenvalue weighted by atomic mass is 9.90. The second-order valence-corrected chi connectivity index (χ2v) is 7.03. The number of rotatable bonds is 5. The molecule has 4 rings (SSSR count). The van der Waals surface area contributed by atoms with Crippen LogP contribution in [0.15, 0.2) is 66.2 Å². The van der Waals surface area contributed by atoms with Crippen molar-refractivity contribution in [3.63, 3.8) is 0 Å². The van der Waals surface area contributed by atoms with Gasteiger partial charge in [-0.25, -0.2) is 9.98 Å². The van der Waals surface area contributed by atoms with Crippen molar-refractivity contribution in [3.05, 3.63) is 83.4 Å². The Hall–Kier alpha value is -2.35. The summed E-state index contributed by atoms with van der Waals surface area (Å²) in [5.41, 5.74) is 12.5. The van der Waals surface area contributed by atoms with Gasteiger partial charge in [-0.3, -0.25) is 0 Å². The van der Waals surface area contributed by atoms with E-state index in [0.29, 0.717) is 12.5 Å². The van der Waals surface area contributed by atoms with Crippen LogP contribution in [0.1, 0.15) is 35.1 Å². The highest BCUT2D eigenvalue weighted by Gasteiger charge is 2.13. The van der Waals surface area contributed by atoms with Gasteiger partial charge in [0.2, 0.25) is 0 Å². The maximum absolute atomic E-state index is 6.16. The predicted molar refractivity (Wildman–Crippen MR) is 125 cm³/mol. The standard InChI is InChI=1S/C22H25N5.HI/c23-22(26-21-10-4-8-19-7-1-2-9-20(19)21)25-14-17-5-3-6-18(13-17)15-27-12-11-24-16-27;/h3-6,8,10-13,16H,1-2,7,9,14-15H2,(H3,23,25,26);1H. The SMILES string of the molecule is I.NC(=NCc1cccc(Cn2ccnc2)c1)Nc1cccc2c1CCCC2. The highest BCUT2D eigenvalue weighted by Crippen LogP contribution is 2.27. The summed E-state index contributed by atoms with van der Waals surface area (Å²) in [7, 11) is 0. The summed E-state index contributed by atoms with van der Waals surface area (Å²) in [5, 5.41) is 3.31. The lowest BCUT2D eigenvalue weighted by Gasteiger charge is -2.19. The summed E-state index contributed by atoms with van der Waals surface area (Å²) >= 11 is 0. The molecule has 3 aromatic rings. The minimum absolute atomic E-state index is 0. The molecule has 3 N–H and O–H groups in total. The first-order valence-corrected chi connectivity index (χ1v) is 9.49. The molecule has 5 nitrogen and oxygen atoms in total. The van der Waals surface area contributed by atoms with Crippen LogP contribution < -0.4 is 11.1 Å². The van der Waals surface area contributed by atoms with Crippen LogP contribution in [0.25, 0.3) is 0 Å². The minimum atomic E-state index is 0. The lowest BCUT2D eigenvalue weighted by molar-refractivity contribution is 0.687. The Labute approximate surface area is 183 Å². The molecule has 0 unspecified atom stereocenters. The average Bonchev–Trinajstić information content (AvgIpc) is 3.20. The minimum Gasteiger partial charge on any atom is -0.370 e. The zero-order valence-electron chi connectivity index (χ0n) is 15.8. The summed E-state index contributed by atoms with van der Waals surface area (Å²) in [5.74, 6) is 0.467. The number of imidazole rings is 1. The Bertz CT molecular complexity index is 934. The van der Waals surface area contributed by atoms with Crippen molar-refractivity contribution in [2.75, 3.05) is 5.32 Å². The monoisotopic (exact) mass is 487 g/mol. The summed E-state index contributed by atoms with van der Waals surface area (Å²) in [4.78, 5) is 8.63. The molecule has 0 spiro atoms. The van der Waals surface area contributed by atoms with E-state index in [0.717, 1.165) is 30.6 Å². The predicted octanol–water partition coefficient (Wildman–Crippen LogP) is 4.36. The number of aromatic nitrogens is 2. The van der Waals surface area contributed by atoms with E-state index in [1.165, 1.54) is 29.5 Å². The van der Waals surface area contributed by atoms with E-state index in [-0.39, 0.29) is 24.0 Å². The van der Waals surface area contributed by atoms with Gasteiger partial charge in [-0.05, 0) is 54.0 Å². The van der Waals surface area contributed by atoms with Crippen LogP contribution >= 0.6 is 24.0 Å². The van der Waals surface area contributed by atoms with Crippen LogP contribution in [0.4, 0.5) is 5.69 Å². The number of fused-ring (bicyclic) bond motifs is 1. The van der Waals surface area contributed by atoms with Gasteiger partial charge in [-0.1, -0.05) is 36.4 Å².